The van der Waals surface area contributed by atoms with Crippen LogP contribution in [0.15, 0.2) is 47.9 Å². The summed E-state index contributed by atoms with van der Waals surface area (Å²) in [5.41, 5.74) is 1.62. The SMILES string of the molecule is CC1CCCN(C(=O)c2nnn(-c3ccc(F)cc3)c2CSc2ncccn2)C1. The molecule has 0 bridgehead atoms. The van der Waals surface area contributed by atoms with Crippen molar-refractivity contribution in [3.05, 3.63) is 59.9 Å². The Morgan fingerprint density at radius 1 is 1.24 bits per heavy atom. The summed E-state index contributed by atoms with van der Waals surface area (Å²) in [6, 6.07) is 7.72. The van der Waals surface area contributed by atoms with Crippen LogP contribution in [-0.4, -0.2) is 48.9 Å². The lowest BCUT2D eigenvalue weighted by Crippen LogP contribution is -2.39. The van der Waals surface area contributed by atoms with Gasteiger partial charge in [0.05, 0.1) is 11.4 Å². The van der Waals surface area contributed by atoms with Gasteiger partial charge in [-0.2, -0.15) is 0 Å². The fourth-order valence-electron chi connectivity index (χ4n) is 3.40. The highest BCUT2D eigenvalue weighted by Crippen LogP contribution is 2.25. The molecule has 1 amide bonds. The zero-order valence-electron chi connectivity index (χ0n) is 16.0. The van der Waals surface area contributed by atoms with Crippen molar-refractivity contribution >= 4 is 17.7 Å². The van der Waals surface area contributed by atoms with Crippen molar-refractivity contribution in [2.45, 2.75) is 30.7 Å². The molecular weight excluding hydrogens is 391 g/mol. The number of piperidine rings is 1. The van der Waals surface area contributed by atoms with E-state index in [0.717, 1.165) is 25.9 Å². The monoisotopic (exact) mass is 412 g/mol. The van der Waals surface area contributed by atoms with Crippen LogP contribution in [0.4, 0.5) is 4.39 Å². The highest BCUT2D eigenvalue weighted by Gasteiger charge is 2.28. The molecule has 1 aliphatic heterocycles. The number of carbonyl (C=O) groups excluding carboxylic acids is 1. The van der Waals surface area contributed by atoms with E-state index < -0.39 is 0 Å². The molecule has 3 heterocycles. The lowest BCUT2D eigenvalue weighted by atomic mass is 10.00. The molecule has 1 aliphatic rings. The number of aromatic nitrogens is 5. The Kier molecular flexibility index (Phi) is 5.84. The number of amides is 1. The topological polar surface area (TPSA) is 76.8 Å². The Morgan fingerprint density at radius 2 is 2.00 bits per heavy atom. The summed E-state index contributed by atoms with van der Waals surface area (Å²) >= 11 is 1.40. The second-order valence-electron chi connectivity index (χ2n) is 7.09. The van der Waals surface area contributed by atoms with Gasteiger partial charge in [0.25, 0.3) is 5.91 Å². The largest absolute Gasteiger partial charge is 0.337 e. The molecule has 0 aliphatic carbocycles. The second kappa shape index (κ2) is 8.69. The van der Waals surface area contributed by atoms with E-state index in [-0.39, 0.29) is 11.7 Å². The Morgan fingerprint density at radius 3 is 2.72 bits per heavy atom. The van der Waals surface area contributed by atoms with Crippen LogP contribution < -0.4 is 0 Å². The number of thioether (sulfide) groups is 1. The van der Waals surface area contributed by atoms with E-state index in [1.807, 2.05) is 4.90 Å². The number of nitrogens with zero attached hydrogens (tertiary/aromatic N) is 6. The van der Waals surface area contributed by atoms with Crippen molar-refractivity contribution in [3.8, 4) is 5.69 Å². The number of likely N-dealkylation sites (tertiary alicyclic amines) is 1. The molecule has 150 valence electrons. The molecule has 1 atom stereocenters. The Balaban J connectivity index is 1.66. The Labute approximate surface area is 172 Å². The van der Waals surface area contributed by atoms with Gasteiger partial charge in [0.15, 0.2) is 10.9 Å². The van der Waals surface area contributed by atoms with E-state index in [2.05, 4.69) is 27.2 Å². The van der Waals surface area contributed by atoms with E-state index in [4.69, 9.17) is 0 Å². The van der Waals surface area contributed by atoms with E-state index in [9.17, 15) is 9.18 Å². The van der Waals surface area contributed by atoms with Gasteiger partial charge in [0, 0.05) is 31.2 Å². The summed E-state index contributed by atoms with van der Waals surface area (Å²) in [6.45, 7) is 3.59. The fraction of sp³-hybridized carbons (Fsp3) is 0.350. The first-order chi connectivity index (χ1) is 14.1. The first-order valence-corrected chi connectivity index (χ1v) is 10.5. The van der Waals surface area contributed by atoms with Gasteiger partial charge in [-0.3, -0.25) is 4.79 Å². The summed E-state index contributed by atoms with van der Waals surface area (Å²) in [7, 11) is 0. The number of rotatable bonds is 5. The maximum absolute atomic E-state index is 13.4. The summed E-state index contributed by atoms with van der Waals surface area (Å²) in [6.07, 6.45) is 5.46. The minimum Gasteiger partial charge on any atom is -0.337 e. The molecular formula is C20H21FN6OS. The van der Waals surface area contributed by atoms with Crippen LogP contribution in [0, 0.1) is 11.7 Å². The third-order valence-corrected chi connectivity index (χ3v) is 5.75. The average molecular weight is 412 g/mol. The van der Waals surface area contributed by atoms with Gasteiger partial charge in [-0.1, -0.05) is 23.9 Å². The molecule has 1 aromatic carbocycles. The predicted octanol–water partition coefficient (Wildman–Crippen LogP) is 3.36. The fourth-order valence-corrected chi connectivity index (χ4v) is 4.20. The van der Waals surface area contributed by atoms with Crippen LogP contribution in [0.3, 0.4) is 0 Å². The zero-order chi connectivity index (χ0) is 20.2. The third kappa shape index (κ3) is 4.45. The molecule has 1 saturated heterocycles. The van der Waals surface area contributed by atoms with Crippen LogP contribution in [0.25, 0.3) is 5.69 Å². The number of hydrogen-bond acceptors (Lipinski definition) is 6. The maximum Gasteiger partial charge on any atom is 0.276 e. The van der Waals surface area contributed by atoms with Crippen molar-refractivity contribution in [1.82, 2.24) is 29.9 Å². The normalized spacial score (nSPS) is 16.8. The molecule has 0 spiro atoms. The molecule has 0 saturated carbocycles. The van der Waals surface area contributed by atoms with Crippen LogP contribution >= 0.6 is 11.8 Å². The first-order valence-electron chi connectivity index (χ1n) is 9.51. The highest BCUT2D eigenvalue weighted by atomic mass is 32.2. The Hall–Kier alpha value is -2.81. The van der Waals surface area contributed by atoms with Gasteiger partial charge in [-0.15, -0.1) is 5.10 Å². The molecule has 1 fully saturated rings. The molecule has 3 aromatic rings. The molecule has 0 radical (unpaired) electrons. The molecule has 1 unspecified atom stereocenters. The van der Waals surface area contributed by atoms with Gasteiger partial charge in [-0.05, 0) is 49.1 Å². The summed E-state index contributed by atoms with van der Waals surface area (Å²) in [4.78, 5) is 23.5. The maximum atomic E-state index is 13.4. The smallest absolute Gasteiger partial charge is 0.276 e. The molecule has 7 nitrogen and oxygen atoms in total. The lowest BCUT2D eigenvalue weighted by molar-refractivity contribution is 0.0676. The number of hydrogen-bond donors (Lipinski definition) is 0. The minimum absolute atomic E-state index is 0.116. The van der Waals surface area contributed by atoms with E-state index in [1.165, 1.54) is 23.9 Å². The van der Waals surface area contributed by atoms with Gasteiger partial charge in [0.1, 0.15) is 5.82 Å². The summed E-state index contributed by atoms with van der Waals surface area (Å²) in [5, 5.41) is 9.01. The van der Waals surface area contributed by atoms with Gasteiger partial charge >= 0.3 is 0 Å². The zero-order valence-corrected chi connectivity index (χ0v) is 16.8. The summed E-state index contributed by atoms with van der Waals surface area (Å²) in [5.74, 6) is 0.435. The van der Waals surface area contributed by atoms with Gasteiger partial charge < -0.3 is 4.90 Å². The number of carbonyl (C=O) groups is 1. The van der Waals surface area contributed by atoms with Crippen LogP contribution in [0.1, 0.15) is 35.9 Å². The molecule has 29 heavy (non-hydrogen) atoms. The standard InChI is InChI=1S/C20H21FN6OS/c1-14-4-2-11-26(12-14)19(28)18-17(13-29-20-22-9-3-10-23-20)27(25-24-18)16-7-5-15(21)6-8-16/h3,5-10,14H,2,4,11-13H2,1H3. The summed E-state index contributed by atoms with van der Waals surface area (Å²) < 4.78 is 15.0. The molecule has 0 N–H and O–H groups in total. The number of benzene rings is 1. The minimum atomic E-state index is -0.332. The Bertz CT molecular complexity index is 978. The van der Waals surface area contributed by atoms with Crippen molar-refractivity contribution in [2.75, 3.05) is 13.1 Å². The van der Waals surface area contributed by atoms with Crippen molar-refractivity contribution < 1.29 is 9.18 Å². The van der Waals surface area contributed by atoms with Gasteiger partial charge in [0.2, 0.25) is 0 Å². The molecule has 4 rings (SSSR count). The first kappa shape index (κ1) is 19.5. The third-order valence-electron chi connectivity index (χ3n) is 4.86. The average Bonchev–Trinajstić information content (AvgIpc) is 3.17. The van der Waals surface area contributed by atoms with E-state index in [0.29, 0.717) is 33.9 Å². The van der Waals surface area contributed by atoms with Crippen molar-refractivity contribution in [3.63, 3.8) is 0 Å². The lowest BCUT2D eigenvalue weighted by Gasteiger charge is -2.30. The predicted molar refractivity (Wildman–Crippen MR) is 107 cm³/mol. The molecule has 9 heteroatoms. The van der Waals surface area contributed by atoms with E-state index in [1.54, 1.807) is 35.3 Å². The quantitative estimate of drug-likeness (QED) is 0.472. The van der Waals surface area contributed by atoms with E-state index >= 15 is 0 Å². The second-order valence-corrected chi connectivity index (χ2v) is 8.03. The van der Waals surface area contributed by atoms with Gasteiger partial charge in [-0.25, -0.2) is 19.0 Å². The number of halogens is 1. The van der Waals surface area contributed by atoms with Crippen molar-refractivity contribution in [2.24, 2.45) is 5.92 Å². The van der Waals surface area contributed by atoms with Crippen LogP contribution in [0.5, 0.6) is 0 Å². The highest BCUT2D eigenvalue weighted by molar-refractivity contribution is 7.98. The molecule has 2 aromatic heterocycles. The van der Waals surface area contributed by atoms with Crippen molar-refractivity contribution in [1.29, 1.82) is 0 Å². The van der Waals surface area contributed by atoms with Crippen LogP contribution in [-0.2, 0) is 5.75 Å². The van der Waals surface area contributed by atoms with Crippen LogP contribution in [0.2, 0.25) is 0 Å².